The van der Waals surface area contributed by atoms with Crippen molar-refractivity contribution in [1.29, 1.82) is 0 Å². The van der Waals surface area contributed by atoms with Gasteiger partial charge < -0.3 is 9.84 Å². The van der Waals surface area contributed by atoms with Gasteiger partial charge in [-0.05, 0) is 51.4 Å². The first-order chi connectivity index (χ1) is 12.6. The average Bonchev–Trinajstić information content (AvgIpc) is 3.17. The Morgan fingerprint density at radius 3 is 2.12 bits per heavy atom. The maximum atomic E-state index is 11.5. The number of nitrogens with zero attached hydrogens (tertiary/aromatic N) is 2. The summed E-state index contributed by atoms with van der Waals surface area (Å²) in [6.07, 6.45) is 16.7. The molecule has 4 saturated carbocycles. The summed E-state index contributed by atoms with van der Waals surface area (Å²) in [6.45, 7) is 0. The van der Waals surface area contributed by atoms with E-state index in [1.807, 2.05) is 22.6 Å². The van der Waals surface area contributed by atoms with Crippen LogP contribution in [0.3, 0.4) is 0 Å². The van der Waals surface area contributed by atoms with Crippen LogP contribution < -0.4 is 5.32 Å². The number of rotatable bonds is 3. The van der Waals surface area contributed by atoms with E-state index in [1.165, 1.54) is 51.4 Å². The first kappa shape index (κ1) is 18.7. The van der Waals surface area contributed by atoms with Crippen molar-refractivity contribution < 1.29 is 9.32 Å². The van der Waals surface area contributed by atoms with Crippen molar-refractivity contribution in [3.8, 4) is 0 Å². The lowest BCUT2D eigenvalue weighted by atomic mass is 9.57. The van der Waals surface area contributed by atoms with Crippen LogP contribution in [-0.4, -0.2) is 19.6 Å². The van der Waals surface area contributed by atoms with Gasteiger partial charge in [0, 0.05) is 39.5 Å². The third-order valence-corrected chi connectivity index (χ3v) is 7.50. The molecule has 144 valence electrons. The molecule has 4 fully saturated rings. The van der Waals surface area contributed by atoms with Crippen molar-refractivity contribution in [2.45, 2.75) is 107 Å². The molecule has 0 radical (unpaired) electrons. The fourth-order valence-corrected chi connectivity index (χ4v) is 5.98. The lowest BCUT2D eigenvalue weighted by Gasteiger charge is -2.51. The molecule has 0 unspecified atom stereocenters. The first-order valence-corrected chi connectivity index (χ1v) is 11.5. The smallest absolute Gasteiger partial charge is 0.281 e. The highest BCUT2D eigenvalue weighted by molar-refractivity contribution is 14.1. The van der Waals surface area contributed by atoms with Gasteiger partial charge in [0.2, 0.25) is 5.89 Å². The van der Waals surface area contributed by atoms with Gasteiger partial charge in [-0.3, -0.25) is 4.79 Å². The van der Waals surface area contributed by atoms with Crippen LogP contribution in [0.25, 0.3) is 0 Å². The fourth-order valence-electron chi connectivity index (χ4n) is 5.41. The molecule has 1 amide bonds. The van der Waals surface area contributed by atoms with Gasteiger partial charge in [-0.2, -0.15) is 4.98 Å². The number of halogens is 1. The van der Waals surface area contributed by atoms with Gasteiger partial charge in [-0.15, -0.1) is 0 Å². The van der Waals surface area contributed by atoms with Gasteiger partial charge in [0.25, 0.3) is 3.91 Å². The zero-order valence-electron chi connectivity index (χ0n) is 15.6. The van der Waals surface area contributed by atoms with Crippen LogP contribution in [0.4, 0.5) is 4.79 Å². The van der Waals surface area contributed by atoms with Gasteiger partial charge in [0.15, 0.2) is 5.82 Å². The van der Waals surface area contributed by atoms with Crippen molar-refractivity contribution in [1.82, 2.24) is 15.5 Å². The topological polar surface area (TPSA) is 68.0 Å². The number of nitrogens with one attached hydrogen (secondary N) is 1. The molecule has 1 N–H and O–H groups in total. The summed E-state index contributed by atoms with van der Waals surface area (Å²) < 4.78 is 5.91. The maximum Gasteiger partial charge on any atom is 0.281 e. The number of carbonyl (C=O) groups is 1. The van der Waals surface area contributed by atoms with Crippen LogP contribution in [0.15, 0.2) is 4.52 Å². The van der Waals surface area contributed by atoms with Crippen molar-refractivity contribution in [2.75, 3.05) is 0 Å². The molecule has 0 aliphatic heterocycles. The Morgan fingerprint density at radius 2 is 1.54 bits per heavy atom. The van der Waals surface area contributed by atoms with Crippen molar-refractivity contribution in [3.05, 3.63) is 11.7 Å². The standard InChI is InChI=1S/C20H30IN3O2/c21-18(25)23-20-12-9-19(10-13-20,11-14-20)17-22-16(24-26-17)15-7-5-3-1-2-4-6-8-15/h15H,1-14H2,(H,23,25). The van der Waals surface area contributed by atoms with Crippen molar-refractivity contribution in [3.63, 3.8) is 0 Å². The summed E-state index contributed by atoms with van der Waals surface area (Å²) in [7, 11) is 0. The molecule has 0 saturated heterocycles. The van der Waals surface area contributed by atoms with Crippen LogP contribution in [-0.2, 0) is 5.41 Å². The average molecular weight is 471 g/mol. The number of hydrogen-bond donors (Lipinski definition) is 1. The minimum Gasteiger partial charge on any atom is -0.342 e. The highest BCUT2D eigenvalue weighted by atomic mass is 127. The Bertz CT molecular complexity index is 610. The number of carbonyl (C=O) groups excluding carboxylic acids is 1. The SMILES string of the molecule is O=C(I)NC12CCC(c3nc(C4CCCCCCCC4)no3)(CC1)CC2. The Balaban J connectivity index is 1.46. The predicted molar refractivity (Wildman–Crippen MR) is 109 cm³/mol. The van der Waals surface area contributed by atoms with Crippen LogP contribution in [0.2, 0.25) is 0 Å². The summed E-state index contributed by atoms with van der Waals surface area (Å²) in [5.74, 6) is 2.31. The van der Waals surface area contributed by atoms with E-state index < -0.39 is 0 Å². The molecule has 1 aromatic heterocycles. The molecule has 6 heteroatoms. The summed E-state index contributed by atoms with van der Waals surface area (Å²) in [6, 6.07) is 0. The third kappa shape index (κ3) is 3.80. The molecule has 1 aromatic rings. The Hall–Kier alpha value is -0.660. The van der Waals surface area contributed by atoms with Gasteiger partial charge in [-0.25, -0.2) is 0 Å². The largest absolute Gasteiger partial charge is 0.342 e. The van der Waals surface area contributed by atoms with E-state index in [9.17, 15) is 4.79 Å². The van der Waals surface area contributed by atoms with E-state index in [-0.39, 0.29) is 14.9 Å². The molecule has 0 atom stereocenters. The molecule has 4 aliphatic carbocycles. The first-order valence-electron chi connectivity index (χ1n) is 10.4. The molecule has 1 heterocycles. The minimum atomic E-state index is 0.0145. The van der Waals surface area contributed by atoms with Gasteiger partial charge in [-0.1, -0.05) is 43.7 Å². The van der Waals surface area contributed by atoms with Crippen molar-refractivity contribution in [2.24, 2.45) is 0 Å². The molecule has 5 nitrogen and oxygen atoms in total. The Morgan fingerprint density at radius 1 is 0.962 bits per heavy atom. The normalized spacial score (nSPS) is 33.3. The lowest BCUT2D eigenvalue weighted by Crippen LogP contribution is -2.56. The van der Waals surface area contributed by atoms with E-state index in [4.69, 9.17) is 9.51 Å². The quantitative estimate of drug-likeness (QED) is 0.345. The van der Waals surface area contributed by atoms with Crippen LogP contribution in [0, 0.1) is 0 Å². The monoisotopic (exact) mass is 471 g/mol. The zero-order valence-corrected chi connectivity index (χ0v) is 17.7. The second-order valence-electron chi connectivity index (χ2n) is 8.81. The molecular formula is C20H30IN3O2. The summed E-state index contributed by atoms with van der Waals surface area (Å²) in [5.41, 5.74) is 0.0716. The number of fused-ring (bicyclic) bond motifs is 3. The van der Waals surface area contributed by atoms with Crippen LogP contribution >= 0.6 is 22.6 Å². The number of amides is 1. The number of hydrogen-bond acceptors (Lipinski definition) is 4. The Labute approximate surface area is 169 Å². The van der Waals surface area contributed by atoms with E-state index in [1.54, 1.807) is 0 Å². The van der Waals surface area contributed by atoms with Crippen molar-refractivity contribution >= 4 is 26.5 Å². The van der Waals surface area contributed by atoms with E-state index in [2.05, 4.69) is 10.5 Å². The maximum absolute atomic E-state index is 11.5. The second kappa shape index (κ2) is 7.76. The molecule has 2 bridgehead atoms. The van der Waals surface area contributed by atoms with E-state index in [0.717, 1.165) is 50.2 Å². The molecular weight excluding hydrogens is 441 g/mol. The van der Waals surface area contributed by atoms with E-state index >= 15 is 0 Å². The molecule has 0 spiro atoms. The second-order valence-corrected chi connectivity index (χ2v) is 9.79. The molecule has 26 heavy (non-hydrogen) atoms. The fraction of sp³-hybridized carbons (Fsp3) is 0.850. The van der Waals surface area contributed by atoms with Crippen LogP contribution in [0.5, 0.6) is 0 Å². The predicted octanol–water partition coefficient (Wildman–Crippen LogP) is 5.78. The highest BCUT2D eigenvalue weighted by Crippen LogP contribution is 2.53. The highest BCUT2D eigenvalue weighted by Gasteiger charge is 2.52. The zero-order chi connectivity index (χ0) is 18.0. The van der Waals surface area contributed by atoms with Crippen LogP contribution in [0.1, 0.15) is 108 Å². The van der Waals surface area contributed by atoms with Gasteiger partial charge in [0.05, 0.1) is 0 Å². The number of aromatic nitrogens is 2. The minimum absolute atomic E-state index is 0.0145. The molecule has 5 rings (SSSR count). The third-order valence-electron chi connectivity index (χ3n) is 7.23. The van der Waals surface area contributed by atoms with E-state index in [0.29, 0.717) is 5.92 Å². The van der Waals surface area contributed by atoms with Gasteiger partial charge in [0.1, 0.15) is 0 Å². The molecule has 4 aliphatic rings. The summed E-state index contributed by atoms with van der Waals surface area (Å²) >= 11 is 1.86. The van der Waals surface area contributed by atoms with Gasteiger partial charge >= 0.3 is 0 Å². The Kier molecular flexibility index (Phi) is 5.58. The molecule has 0 aromatic carbocycles. The summed E-state index contributed by atoms with van der Waals surface area (Å²) in [5, 5.41) is 7.65. The summed E-state index contributed by atoms with van der Waals surface area (Å²) in [4.78, 5) is 16.5. The lowest BCUT2D eigenvalue weighted by molar-refractivity contribution is 0.0651.